The van der Waals surface area contributed by atoms with Crippen molar-refractivity contribution in [3.8, 4) is 0 Å². The number of carbonyl (C=O) groups excluding carboxylic acids is 3. The van der Waals surface area contributed by atoms with E-state index in [1.807, 2.05) is 0 Å². The van der Waals surface area contributed by atoms with Gasteiger partial charge in [-0.3, -0.25) is 24.7 Å². The van der Waals surface area contributed by atoms with Crippen molar-refractivity contribution in [3.05, 3.63) is 64.4 Å². The Morgan fingerprint density at radius 2 is 1.77 bits per heavy atom. The number of nitrogens with zero attached hydrogens (tertiary/aromatic N) is 2. The van der Waals surface area contributed by atoms with Gasteiger partial charge in [0.15, 0.2) is 0 Å². The quantitative estimate of drug-likeness (QED) is 0.606. The van der Waals surface area contributed by atoms with E-state index in [0.717, 1.165) is 4.47 Å². The first-order valence-electron chi connectivity index (χ1n) is 9.07. The van der Waals surface area contributed by atoms with E-state index in [2.05, 4.69) is 26.7 Å². The lowest BCUT2D eigenvalue weighted by atomic mass is 10.1. The van der Waals surface area contributed by atoms with Crippen LogP contribution in [0.15, 0.2) is 53.0 Å². The minimum Gasteiger partial charge on any atom is -0.356 e. The van der Waals surface area contributed by atoms with Crippen molar-refractivity contribution >= 4 is 56.7 Å². The van der Waals surface area contributed by atoms with Crippen molar-refractivity contribution < 1.29 is 18.8 Å². The fraction of sp³-hybridized carbons (Fsp3) is 0.200. The fourth-order valence-electron chi connectivity index (χ4n) is 2.95. The average molecular weight is 493 g/mol. The molecule has 3 rings (SSSR count). The average Bonchev–Trinajstić information content (AvgIpc) is 2.93. The summed E-state index contributed by atoms with van der Waals surface area (Å²) in [6, 6.07) is 10.8. The van der Waals surface area contributed by atoms with E-state index in [1.165, 1.54) is 34.2 Å². The van der Waals surface area contributed by atoms with Gasteiger partial charge >= 0.3 is 0 Å². The number of benzene rings is 2. The van der Waals surface area contributed by atoms with Crippen molar-refractivity contribution in [2.75, 3.05) is 11.4 Å². The minimum absolute atomic E-state index is 0.00799. The van der Waals surface area contributed by atoms with Gasteiger partial charge in [-0.1, -0.05) is 15.9 Å². The normalized spacial score (nSPS) is 16.0. The molecule has 0 aliphatic carbocycles. The Kier molecular flexibility index (Phi) is 6.78. The number of rotatable bonds is 6. The van der Waals surface area contributed by atoms with Gasteiger partial charge in [0.2, 0.25) is 11.0 Å². The molecule has 0 radical (unpaired) electrons. The summed E-state index contributed by atoms with van der Waals surface area (Å²) in [5.74, 6) is -1.80. The SMILES string of the molecule is CCNC(=O)CC1C(=O)N(c2ccc(F)cc2)C(=S)N1NC(=O)c1ccc(Br)cc1. The molecule has 0 bridgehead atoms. The molecule has 7 nitrogen and oxygen atoms in total. The number of hydrogen-bond donors (Lipinski definition) is 2. The van der Waals surface area contributed by atoms with Gasteiger partial charge in [-0.05, 0) is 67.7 Å². The van der Waals surface area contributed by atoms with Gasteiger partial charge in [0.25, 0.3) is 11.8 Å². The second kappa shape index (κ2) is 9.31. The van der Waals surface area contributed by atoms with Crippen LogP contribution in [0, 0.1) is 5.82 Å². The third-order valence-corrected chi connectivity index (χ3v) is 5.29. The van der Waals surface area contributed by atoms with E-state index in [-0.39, 0.29) is 17.4 Å². The lowest BCUT2D eigenvalue weighted by Gasteiger charge is -2.24. The molecule has 2 N–H and O–H groups in total. The molecule has 1 fully saturated rings. The van der Waals surface area contributed by atoms with Crippen LogP contribution in [0.2, 0.25) is 0 Å². The first kappa shape index (κ1) is 21.8. The topological polar surface area (TPSA) is 81.8 Å². The Balaban J connectivity index is 1.89. The van der Waals surface area contributed by atoms with Crippen LogP contribution in [-0.4, -0.2) is 40.4 Å². The van der Waals surface area contributed by atoms with E-state index in [4.69, 9.17) is 12.2 Å². The standard InChI is InChI=1S/C20H18BrFN4O3S/c1-2-23-17(27)11-16-19(29)25(15-9-7-14(22)8-10-15)20(30)26(16)24-18(28)12-3-5-13(21)6-4-12/h3-10,16H,2,11H2,1H3,(H,23,27)(H,24,28). The summed E-state index contributed by atoms with van der Waals surface area (Å²) in [5, 5.41) is 3.84. The number of nitrogens with one attached hydrogen (secondary N) is 2. The molecular weight excluding hydrogens is 475 g/mol. The predicted octanol–water partition coefficient (Wildman–Crippen LogP) is 2.76. The van der Waals surface area contributed by atoms with Crippen molar-refractivity contribution in [3.63, 3.8) is 0 Å². The maximum atomic E-state index is 13.3. The number of amides is 3. The van der Waals surface area contributed by atoms with Crippen LogP contribution < -0.4 is 15.6 Å². The van der Waals surface area contributed by atoms with Gasteiger partial charge in [-0.15, -0.1) is 0 Å². The summed E-state index contributed by atoms with van der Waals surface area (Å²) in [5.41, 5.74) is 3.32. The third kappa shape index (κ3) is 4.65. The van der Waals surface area contributed by atoms with Gasteiger partial charge in [0.05, 0.1) is 12.1 Å². The summed E-state index contributed by atoms with van der Waals surface area (Å²) >= 11 is 8.73. The van der Waals surface area contributed by atoms with Crippen LogP contribution in [-0.2, 0) is 9.59 Å². The molecule has 0 saturated carbocycles. The Hall–Kier alpha value is -2.85. The van der Waals surface area contributed by atoms with Crippen LogP contribution >= 0.6 is 28.1 Å². The molecule has 0 spiro atoms. The number of hydrazine groups is 1. The number of thiocarbonyl (C=S) groups is 1. The molecule has 10 heteroatoms. The number of hydrogen-bond acceptors (Lipinski definition) is 4. The van der Waals surface area contributed by atoms with Crippen LogP contribution in [0.4, 0.5) is 10.1 Å². The largest absolute Gasteiger partial charge is 0.356 e. The smallest absolute Gasteiger partial charge is 0.269 e. The van der Waals surface area contributed by atoms with Crippen molar-refractivity contribution in [1.29, 1.82) is 0 Å². The van der Waals surface area contributed by atoms with Crippen LogP contribution in [0.25, 0.3) is 0 Å². The first-order chi connectivity index (χ1) is 14.3. The van der Waals surface area contributed by atoms with Gasteiger partial charge in [-0.2, -0.15) is 0 Å². The Morgan fingerprint density at radius 3 is 2.37 bits per heavy atom. The summed E-state index contributed by atoms with van der Waals surface area (Å²) in [6.45, 7) is 2.16. The second-order valence-corrected chi connectivity index (χ2v) is 7.70. The molecule has 1 heterocycles. The summed E-state index contributed by atoms with van der Waals surface area (Å²) in [4.78, 5) is 39.1. The van der Waals surface area contributed by atoms with E-state index in [9.17, 15) is 18.8 Å². The first-order valence-corrected chi connectivity index (χ1v) is 10.3. The molecule has 30 heavy (non-hydrogen) atoms. The number of anilines is 1. The number of halogens is 2. The Bertz CT molecular complexity index is 985. The molecule has 156 valence electrons. The summed E-state index contributed by atoms with van der Waals surface area (Å²) < 4.78 is 14.1. The minimum atomic E-state index is -1.03. The molecule has 1 atom stereocenters. The second-order valence-electron chi connectivity index (χ2n) is 6.42. The molecule has 1 aliphatic rings. The van der Waals surface area contributed by atoms with Gasteiger partial charge in [0.1, 0.15) is 11.9 Å². The van der Waals surface area contributed by atoms with Crippen molar-refractivity contribution in [1.82, 2.24) is 15.8 Å². The monoisotopic (exact) mass is 492 g/mol. The summed E-state index contributed by atoms with van der Waals surface area (Å²) in [6.07, 6.45) is -0.203. The van der Waals surface area contributed by atoms with E-state index in [0.29, 0.717) is 17.8 Å². The molecule has 3 amide bonds. The zero-order chi connectivity index (χ0) is 21.8. The van der Waals surface area contributed by atoms with Crippen molar-refractivity contribution in [2.24, 2.45) is 0 Å². The molecule has 2 aromatic carbocycles. The molecule has 1 unspecified atom stereocenters. The number of carbonyl (C=O) groups is 3. The molecule has 1 saturated heterocycles. The zero-order valence-corrected chi connectivity index (χ0v) is 18.3. The third-order valence-electron chi connectivity index (χ3n) is 4.38. The lowest BCUT2D eigenvalue weighted by Crippen LogP contribution is -2.50. The summed E-state index contributed by atoms with van der Waals surface area (Å²) in [7, 11) is 0. The molecule has 2 aromatic rings. The van der Waals surface area contributed by atoms with E-state index < -0.39 is 23.7 Å². The van der Waals surface area contributed by atoms with E-state index in [1.54, 1.807) is 31.2 Å². The maximum absolute atomic E-state index is 13.3. The van der Waals surface area contributed by atoms with Crippen LogP contribution in [0.1, 0.15) is 23.7 Å². The lowest BCUT2D eigenvalue weighted by molar-refractivity contribution is -0.127. The Morgan fingerprint density at radius 1 is 1.13 bits per heavy atom. The molecular formula is C20H18BrFN4O3S. The highest BCUT2D eigenvalue weighted by Gasteiger charge is 2.45. The zero-order valence-electron chi connectivity index (χ0n) is 15.9. The van der Waals surface area contributed by atoms with Gasteiger partial charge < -0.3 is 5.32 Å². The van der Waals surface area contributed by atoms with E-state index >= 15 is 0 Å². The molecule has 0 aromatic heterocycles. The highest BCUT2D eigenvalue weighted by molar-refractivity contribution is 9.10. The van der Waals surface area contributed by atoms with Crippen LogP contribution in [0.3, 0.4) is 0 Å². The highest BCUT2D eigenvalue weighted by Crippen LogP contribution is 2.26. The van der Waals surface area contributed by atoms with Crippen LogP contribution in [0.5, 0.6) is 0 Å². The maximum Gasteiger partial charge on any atom is 0.269 e. The molecule has 1 aliphatic heterocycles. The highest BCUT2D eigenvalue weighted by atomic mass is 79.9. The van der Waals surface area contributed by atoms with Gasteiger partial charge in [0, 0.05) is 16.6 Å². The fourth-order valence-corrected chi connectivity index (χ4v) is 3.58. The van der Waals surface area contributed by atoms with Gasteiger partial charge in [-0.25, -0.2) is 9.40 Å². The predicted molar refractivity (Wildman–Crippen MR) is 117 cm³/mol. The Labute approximate surface area is 186 Å². The van der Waals surface area contributed by atoms with Crippen molar-refractivity contribution in [2.45, 2.75) is 19.4 Å².